The normalized spacial score (nSPS) is 18.3. The van der Waals surface area contributed by atoms with Gasteiger partial charge in [0.15, 0.2) is 5.78 Å². The van der Waals surface area contributed by atoms with E-state index < -0.39 is 10.0 Å². The minimum absolute atomic E-state index is 0.0935. The van der Waals surface area contributed by atoms with Crippen LogP contribution in [0.2, 0.25) is 0 Å². The number of anilines is 1. The number of aromatic hydroxyl groups is 1. The Morgan fingerprint density at radius 3 is 2.15 bits per heavy atom. The van der Waals surface area contributed by atoms with Crippen molar-refractivity contribution in [3.05, 3.63) is 54.1 Å². The number of phenolic OH excluding ortho intramolecular Hbond substituents is 1. The summed E-state index contributed by atoms with van der Waals surface area (Å²) >= 11 is 0. The van der Waals surface area contributed by atoms with Gasteiger partial charge in [0.05, 0.1) is 4.90 Å². The number of ketones is 1. The van der Waals surface area contributed by atoms with Gasteiger partial charge in [-0.3, -0.25) is 9.59 Å². The minimum Gasteiger partial charge on any atom is -0.508 e. The minimum atomic E-state index is -3.70. The summed E-state index contributed by atoms with van der Waals surface area (Å²) in [7, 11) is -3.70. The summed E-state index contributed by atoms with van der Waals surface area (Å²) in [5.74, 6) is -0.0365. The second kappa shape index (κ2) is 9.52. The van der Waals surface area contributed by atoms with Gasteiger partial charge in [-0.1, -0.05) is 12.1 Å². The molecule has 0 unspecified atom stereocenters. The average Bonchev–Trinajstić information content (AvgIpc) is 2.84. The van der Waals surface area contributed by atoms with Gasteiger partial charge < -0.3 is 14.9 Å². The first-order valence-corrected chi connectivity index (χ1v) is 12.6. The van der Waals surface area contributed by atoms with Crippen LogP contribution in [0.15, 0.2) is 53.4 Å². The molecule has 9 heteroatoms. The van der Waals surface area contributed by atoms with Crippen LogP contribution in [0.5, 0.6) is 5.75 Å². The van der Waals surface area contributed by atoms with Crippen LogP contribution >= 0.6 is 0 Å². The maximum absolute atomic E-state index is 13.1. The molecule has 0 spiro atoms. The summed E-state index contributed by atoms with van der Waals surface area (Å²) in [6, 6.07) is 13.2. The van der Waals surface area contributed by atoms with Crippen molar-refractivity contribution in [3.63, 3.8) is 0 Å². The number of hydrogen-bond donors (Lipinski definition) is 1. The molecular weight excluding hydrogens is 442 g/mol. The van der Waals surface area contributed by atoms with Crippen molar-refractivity contribution in [2.45, 2.75) is 24.7 Å². The molecule has 0 aromatic heterocycles. The van der Waals surface area contributed by atoms with Gasteiger partial charge in [-0.2, -0.15) is 4.31 Å². The number of carbonyl (C=O) groups is 2. The summed E-state index contributed by atoms with van der Waals surface area (Å²) in [5, 5.41) is 9.46. The van der Waals surface area contributed by atoms with Gasteiger partial charge in [-0.15, -0.1) is 0 Å². The molecule has 0 saturated carbocycles. The Labute approximate surface area is 194 Å². The maximum atomic E-state index is 13.1. The van der Waals surface area contributed by atoms with Gasteiger partial charge in [0.1, 0.15) is 5.75 Å². The molecule has 0 atom stereocenters. The van der Waals surface area contributed by atoms with Crippen molar-refractivity contribution in [1.29, 1.82) is 0 Å². The number of hydrogen-bond acceptors (Lipinski definition) is 6. The van der Waals surface area contributed by atoms with Crippen LogP contribution < -0.4 is 4.90 Å². The smallest absolute Gasteiger partial charge is 0.243 e. The molecule has 2 aliphatic heterocycles. The molecular formula is C24H29N3O5S. The SMILES string of the molecule is CC(=O)c1cccc(S(=O)(=O)N2CCC(C(=O)N3CCN(c4ccc(O)cc4)CC3)CC2)c1. The molecule has 1 amide bonds. The summed E-state index contributed by atoms with van der Waals surface area (Å²) in [5.41, 5.74) is 1.39. The Hall–Kier alpha value is -2.91. The van der Waals surface area contributed by atoms with Crippen molar-refractivity contribution in [2.24, 2.45) is 5.92 Å². The second-order valence-electron chi connectivity index (χ2n) is 8.59. The van der Waals surface area contributed by atoms with E-state index in [0.717, 1.165) is 18.8 Å². The number of sulfonamides is 1. The average molecular weight is 472 g/mol. The van der Waals surface area contributed by atoms with Crippen molar-refractivity contribution < 1.29 is 23.1 Å². The molecule has 2 saturated heterocycles. The summed E-state index contributed by atoms with van der Waals surface area (Å²) in [6.45, 7) is 4.67. The zero-order valence-electron chi connectivity index (χ0n) is 18.7. The standard InChI is InChI=1S/C24H29N3O5S/c1-18(28)20-3-2-4-23(17-20)33(31,32)27-11-9-19(10-12-27)24(30)26-15-13-25(14-16-26)21-5-7-22(29)8-6-21/h2-8,17,19,29H,9-16H2,1H3. The van der Waals surface area contributed by atoms with Crippen LogP contribution in [0, 0.1) is 5.92 Å². The Kier molecular flexibility index (Phi) is 6.71. The van der Waals surface area contributed by atoms with E-state index in [9.17, 15) is 23.1 Å². The van der Waals surface area contributed by atoms with Crippen LogP contribution in [0.1, 0.15) is 30.1 Å². The van der Waals surface area contributed by atoms with Crippen molar-refractivity contribution in [3.8, 4) is 5.75 Å². The van der Waals surface area contributed by atoms with Gasteiger partial charge in [0.2, 0.25) is 15.9 Å². The highest BCUT2D eigenvalue weighted by atomic mass is 32.2. The van der Waals surface area contributed by atoms with E-state index in [1.807, 2.05) is 17.0 Å². The molecule has 33 heavy (non-hydrogen) atoms. The molecule has 4 rings (SSSR count). The number of phenols is 1. The summed E-state index contributed by atoms with van der Waals surface area (Å²) in [6.07, 6.45) is 0.977. The summed E-state index contributed by atoms with van der Waals surface area (Å²) in [4.78, 5) is 28.9. The molecule has 0 bridgehead atoms. The third-order valence-electron chi connectivity index (χ3n) is 6.49. The van der Waals surface area contributed by atoms with Gasteiger partial charge in [0.25, 0.3) is 0 Å². The van der Waals surface area contributed by atoms with Crippen molar-refractivity contribution in [2.75, 3.05) is 44.2 Å². The van der Waals surface area contributed by atoms with E-state index in [-0.39, 0.29) is 41.3 Å². The predicted octanol–water partition coefficient (Wildman–Crippen LogP) is 2.34. The lowest BCUT2D eigenvalue weighted by molar-refractivity contribution is -0.137. The molecule has 0 radical (unpaired) electrons. The fourth-order valence-corrected chi connectivity index (χ4v) is 5.99. The summed E-state index contributed by atoms with van der Waals surface area (Å²) < 4.78 is 27.5. The molecule has 8 nitrogen and oxygen atoms in total. The third-order valence-corrected chi connectivity index (χ3v) is 8.38. The molecule has 2 aromatic rings. The Bertz CT molecular complexity index is 1120. The molecule has 2 aliphatic rings. The highest BCUT2D eigenvalue weighted by Crippen LogP contribution is 2.27. The lowest BCUT2D eigenvalue weighted by Crippen LogP contribution is -2.52. The number of nitrogens with zero attached hydrogens (tertiary/aromatic N) is 3. The van der Waals surface area contributed by atoms with E-state index >= 15 is 0 Å². The molecule has 1 N–H and O–H groups in total. The number of Topliss-reactive ketones (excluding diaryl/α,β-unsaturated/α-hetero) is 1. The van der Waals surface area contributed by atoms with Gasteiger partial charge in [-0.05, 0) is 56.2 Å². The van der Waals surface area contributed by atoms with Crippen molar-refractivity contribution >= 4 is 27.4 Å². The zero-order chi connectivity index (χ0) is 23.6. The molecule has 0 aliphatic carbocycles. The topological polar surface area (TPSA) is 98.2 Å². The Morgan fingerprint density at radius 2 is 1.55 bits per heavy atom. The number of piperazine rings is 1. The number of benzene rings is 2. The predicted molar refractivity (Wildman–Crippen MR) is 125 cm³/mol. The third kappa shape index (κ3) is 5.04. The van der Waals surface area contributed by atoms with E-state index in [0.29, 0.717) is 31.5 Å². The Balaban J connectivity index is 1.32. The van der Waals surface area contributed by atoms with E-state index in [1.165, 1.54) is 23.4 Å². The van der Waals surface area contributed by atoms with Crippen LogP contribution in [-0.2, 0) is 14.8 Å². The van der Waals surface area contributed by atoms with Crippen LogP contribution in [-0.4, -0.2) is 73.7 Å². The van der Waals surface area contributed by atoms with Crippen LogP contribution in [0.4, 0.5) is 5.69 Å². The fraction of sp³-hybridized carbons (Fsp3) is 0.417. The van der Waals surface area contributed by atoms with Gasteiger partial charge >= 0.3 is 0 Å². The largest absolute Gasteiger partial charge is 0.508 e. The first kappa shape index (κ1) is 23.3. The second-order valence-corrected chi connectivity index (χ2v) is 10.5. The molecule has 176 valence electrons. The molecule has 2 fully saturated rings. The van der Waals surface area contributed by atoms with E-state index in [4.69, 9.17) is 0 Å². The molecule has 2 aromatic carbocycles. The fourth-order valence-electron chi connectivity index (χ4n) is 4.47. The number of amides is 1. The van der Waals surface area contributed by atoms with Crippen LogP contribution in [0.25, 0.3) is 0 Å². The first-order chi connectivity index (χ1) is 15.8. The maximum Gasteiger partial charge on any atom is 0.243 e. The molecule has 2 heterocycles. The van der Waals surface area contributed by atoms with Crippen LogP contribution in [0.3, 0.4) is 0 Å². The zero-order valence-corrected chi connectivity index (χ0v) is 19.5. The number of rotatable bonds is 5. The first-order valence-electron chi connectivity index (χ1n) is 11.2. The Morgan fingerprint density at radius 1 is 0.909 bits per heavy atom. The number of piperidine rings is 1. The van der Waals surface area contributed by atoms with Gasteiger partial charge in [-0.25, -0.2) is 8.42 Å². The van der Waals surface area contributed by atoms with Crippen molar-refractivity contribution in [1.82, 2.24) is 9.21 Å². The van der Waals surface area contributed by atoms with E-state index in [2.05, 4.69) is 4.90 Å². The lowest BCUT2D eigenvalue weighted by atomic mass is 9.96. The highest BCUT2D eigenvalue weighted by Gasteiger charge is 2.34. The quantitative estimate of drug-likeness (QED) is 0.673. The number of carbonyl (C=O) groups excluding carboxylic acids is 2. The van der Waals surface area contributed by atoms with E-state index in [1.54, 1.807) is 24.3 Å². The monoisotopic (exact) mass is 471 g/mol. The lowest BCUT2D eigenvalue weighted by Gasteiger charge is -2.39. The highest BCUT2D eigenvalue weighted by molar-refractivity contribution is 7.89. The van der Waals surface area contributed by atoms with Gasteiger partial charge in [0, 0.05) is 56.4 Å².